The van der Waals surface area contributed by atoms with Gasteiger partial charge in [0.15, 0.2) is 0 Å². The molecule has 0 aliphatic carbocycles. The molecular weight excluding hydrogens is 267 g/mol. The maximum absolute atomic E-state index is 13.6. The van der Waals surface area contributed by atoms with Gasteiger partial charge in [-0.1, -0.05) is 18.2 Å². The molecule has 1 aromatic rings. The summed E-state index contributed by atoms with van der Waals surface area (Å²) in [5.41, 5.74) is -3.57. The van der Waals surface area contributed by atoms with Crippen LogP contribution in [0.15, 0.2) is 24.3 Å². The maximum atomic E-state index is 13.6. The van der Waals surface area contributed by atoms with E-state index >= 15 is 0 Å². The molecule has 0 amide bonds. The van der Waals surface area contributed by atoms with Crippen molar-refractivity contribution in [2.24, 2.45) is 0 Å². The van der Waals surface area contributed by atoms with Crippen molar-refractivity contribution < 1.29 is 28.9 Å². The number of hydrogen-bond acceptors (Lipinski definition) is 3. The van der Waals surface area contributed by atoms with Crippen LogP contribution in [0.25, 0.3) is 0 Å². The van der Waals surface area contributed by atoms with Gasteiger partial charge in [-0.25, -0.2) is 14.0 Å². The summed E-state index contributed by atoms with van der Waals surface area (Å²) in [6.45, 7) is 4.61. The Morgan fingerprint density at radius 2 is 1.65 bits per heavy atom. The fourth-order valence-corrected chi connectivity index (χ4v) is 1.80. The van der Waals surface area contributed by atoms with Crippen LogP contribution < -0.4 is 0 Å². The summed E-state index contributed by atoms with van der Waals surface area (Å²) >= 11 is 0. The zero-order chi connectivity index (χ0) is 15.6. The molecule has 0 aliphatic rings. The molecule has 2 N–H and O–H groups in total. The Bertz CT molecular complexity index is 505. The first kappa shape index (κ1) is 16.1. The van der Waals surface area contributed by atoms with Crippen molar-refractivity contribution in [2.75, 3.05) is 0 Å². The highest BCUT2D eigenvalue weighted by atomic mass is 19.1. The van der Waals surface area contributed by atoms with Crippen molar-refractivity contribution in [3.63, 3.8) is 0 Å². The lowest BCUT2D eigenvalue weighted by atomic mass is 9.92. The number of aliphatic carboxylic acids is 2. The van der Waals surface area contributed by atoms with Crippen molar-refractivity contribution in [2.45, 2.75) is 38.4 Å². The summed E-state index contributed by atoms with van der Waals surface area (Å²) in [6.07, 6.45) is -0.596. The second-order valence-corrected chi connectivity index (χ2v) is 5.42. The number of carbonyl (C=O) groups is 2. The lowest BCUT2D eigenvalue weighted by Crippen LogP contribution is -2.54. The molecule has 0 saturated heterocycles. The average Bonchev–Trinajstić information content (AvgIpc) is 2.28. The SMILES string of the molecule is CC(C)(C)OC(Cc1ccccc1F)(C(=O)O)C(=O)O. The minimum absolute atomic E-state index is 0.0263. The highest BCUT2D eigenvalue weighted by Crippen LogP contribution is 2.26. The van der Waals surface area contributed by atoms with Crippen LogP contribution in [-0.2, 0) is 20.7 Å². The van der Waals surface area contributed by atoms with Crippen molar-refractivity contribution in [3.05, 3.63) is 35.6 Å². The van der Waals surface area contributed by atoms with Gasteiger partial charge >= 0.3 is 11.9 Å². The van der Waals surface area contributed by atoms with Crippen molar-refractivity contribution in [1.82, 2.24) is 0 Å². The van der Waals surface area contributed by atoms with E-state index in [1.807, 2.05) is 0 Å². The van der Waals surface area contributed by atoms with E-state index in [0.29, 0.717) is 0 Å². The van der Waals surface area contributed by atoms with Crippen LogP contribution in [0.2, 0.25) is 0 Å². The van der Waals surface area contributed by atoms with Gasteiger partial charge in [0.25, 0.3) is 5.60 Å². The quantitative estimate of drug-likeness (QED) is 0.809. The van der Waals surface area contributed by atoms with Crippen LogP contribution in [-0.4, -0.2) is 33.4 Å². The van der Waals surface area contributed by atoms with Gasteiger partial charge in [-0.05, 0) is 32.4 Å². The zero-order valence-corrected chi connectivity index (χ0v) is 11.5. The van der Waals surface area contributed by atoms with Crippen LogP contribution in [0.5, 0.6) is 0 Å². The molecule has 0 spiro atoms. The number of hydrogen-bond donors (Lipinski definition) is 2. The predicted octanol–water partition coefficient (Wildman–Crippen LogP) is 2.09. The van der Waals surface area contributed by atoms with Crippen LogP contribution >= 0.6 is 0 Å². The molecule has 0 radical (unpaired) electrons. The molecule has 20 heavy (non-hydrogen) atoms. The van der Waals surface area contributed by atoms with Gasteiger partial charge in [0.1, 0.15) is 5.82 Å². The average molecular weight is 284 g/mol. The molecule has 0 atom stereocenters. The first-order chi connectivity index (χ1) is 9.08. The van der Waals surface area contributed by atoms with Crippen molar-refractivity contribution in [3.8, 4) is 0 Å². The van der Waals surface area contributed by atoms with Gasteiger partial charge in [0.05, 0.1) is 5.60 Å². The Balaban J connectivity index is 3.27. The predicted molar refractivity (Wildman–Crippen MR) is 68.9 cm³/mol. The van der Waals surface area contributed by atoms with Gasteiger partial charge in [0.2, 0.25) is 0 Å². The molecule has 0 bridgehead atoms. The molecule has 0 fully saturated rings. The molecule has 0 heterocycles. The fourth-order valence-electron chi connectivity index (χ4n) is 1.80. The number of rotatable bonds is 5. The molecule has 0 unspecified atom stereocenters. The first-order valence-corrected chi connectivity index (χ1v) is 5.99. The van der Waals surface area contributed by atoms with Crippen LogP contribution in [0.3, 0.4) is 0 Å². The third-order valence-electron chi connectivity index (χ3n) is 2.57. The lowest BCUT2D eigenvalue weighted by Gasteiger charge is -2.33. The summed E-state index contributed by atoms with van der Waals surface area (Å²) in [5.74, 6) is -4.00. The molecular formula is C14H17FO5. The molecule has 0 aromatic heterocycles. The van der Waals surface area contributed by atoms with Gasteiger partial charge in [-0.2, -0.15) is 0 Å². The summed E-state index contributed by atoms with van der Waals surface area (Å²) in [5, 5.41) is 18.6. The van der Waals surface area contributed by atoms with Crippen LogP contribution in [0.1, 0.15) is 26.3 Å². The number of carboxylic acids is 2. The first-order valence-electron chi connectivity index (χ1n) is 5.99. The minimum Gasteiger partial charge on any atom is -0.479 e. The molecule has 0 aliphatic heterocycles. The second-order valence-electron chi connectivity index (χ2n) is 5.42. The summed E-state index contributed by atoms with van der Waals surface area (Å²) < 4.78 is 18.9. The third-order valence-corrected chi connectivity index (χ3v) is 2.57. The van der Waals surface area contributed by atoms with Crippen molar-refractivity contribution >= 4 is 11.9 Å². The number of ether oxygens (including phenoxy) is 1. The standard InChI is InChI=1S/C14H17FO5/c1-13(2,3)20-14(11(16)17,12(18)19)8-9-6-4-5-7-10(9)15/h4-7H,8H2,1-3H3,(H,16,17)(H,18,19). The minimum atomic E-state index is -2.53. The molecule has 5 nitrogen and oxygen atoms in total. The van der Waals surface area contributed by atoms with Crippen molar-refractivity contribution in [1.29, 1.82) is 0 Å². The maximum Gasteiger partial charge on any atom is 0.348 e. The topological polar surface area (TPSA) is 83.8 Å². The lowest BCUT2D eigenvalue weighted by molar-refractivity contribution is -0.199. The van der Waals surface area contributed by atoms with Crippen LogP contribution in [0.4, 0.5) is 4.39 Å². The van der Waals surface area contributed by atoms with E-state index in [1.165, 1.54) is 39.0 Å². The van der Waals surface area contributed by atoms with E-state index in [4.69, 9.17) is 4.74 Å². The molecule has 6 heteroatoms. The molecule has 1 rings (SSSR count). The summed E-state index contributed by atoms with van der Waals surface area (Å²) in [6, 6.07) is 5.42. The van der Waals surface area contributed by atoms with Gasteiger partial charge in [-0.3, -0.25) is 0 Å². The Morgan fingerprint density at radius 1 is 1.15 bits per heavy atom. The number of benzene rings is 1. The largest absolute Gasteiger partial charge is 0.479 e. The summed E-state index contributed by atoms with van der Waals surface area (Å²) in [7, 11) is 0. The molecule has 110 valence electrons. The smallest absolute Gasteiger partial charge is 0.348 e. The third kappa shape index (κ3) is 3.54. The van der Waals surface area contributed by atoms with Gasteiger partial charge in [-0.15, -0.1) is 0 Å². The molecule has 1 aromatic carbocycles. The highest BCUT2D eigenvalue weighted by molar-refractivity contribution is 6.02. The van der Waals surface area contributed by atoms with E-state index in [1.54, 1.807) is 0 Å². The number of halogens is 1. The highest BCUT2D eigenvalue weighted by Gasteiger charge is 2.51. The Hall–Kier alpha value is -1.95. The van der Waals surface area contributed by atoms with E-state index < -0.39 is 35.4 Å². The van der Waals surface area contributed by atoms with E-state index in [0.717, 1.165) is 6.07 Å². The van der Waals surface area contributed by atoms with Gasteiger partial charge < -0.3 is 14.9 Å². The van der Waals surface area contributed by atoms with Crippen LogP contribution in [0, 0.1) is 5.82 Å². The Labute approximate surface area is 116 Å². The fraction of sp³-hybridized carbons (Fsp3) is 0.429. The van der Waals surface area contributed by atoms with E-state index in [-0.39, 0.29) is 5.56 Å². The summed E-state index contributed by atoms with van der Waals surface area (Å²) in [4.78, 5) is 22.9. The van der Waals surface area contributed by atoms with E-state index in [9.17, 15) is 24.2 Å². The normalized spacial score (nSPS) is 12.2. The Morgan fingerprint density at radius 3 is 2.05 bits per heavy atom. The monoisotopic (exact) mass is 284 g/mol. The van der Waals surface area contributed by atoms with Gasteiger partial charge in [0, 0.05) is 6.42 Å². The Kier molecular flexibility index (Phi) is 4.50. The zero-order valence-electron chi connectivity index (χ0n) is 11.5. The number of carboxylic acid groups (broad SMARTS) is 2. The second kappa shape index (κ2) is 5.58. The van der Waals surface area contributed by atoms with E-state index in [2.05, 4.69) is 0 Å². The molecule has 0 saturated carbocycles.